The number of hydrogen-bond acceptors (Lipinski definition) is 5. The Bertz CT molecular complexity index is 374. The van der Waals surface area contributed by atoms with Crippen molar-refractivity contribution in [2.75, 3.05) is 6.54 Å². The molecule has 88 valence electrons. The second-order valence-corrected chi connectivity index (χ2v) is 3.02. The predicted molar refractivity (Wildman–Crippen MR) is 55.1 cm³/mol. The summed E-state index contributed by atoms with van der Waals surface area (Å²) in [6.07, 6.45) is 1.55. The Balaban J connectivity index is 2.42. The molecule has 0 saturated carbocycles. The van der Waals surface area contributed by atoms with E-state index in [1.54, 1.807) is 13.1 Å². The minimum atomic E-state index is -0.522. The second kappa shape index (κ2) is 5.81. The standard InChI is InChI=1S/C8H14N6O2/c1-2-10-8(16)11-7(15)5-14-4-6(3-9)12-13-14/h4H,2-3,5,9H2,1H3,(H2,10,11,15,16). The summed E-state index contributed by atoms with van der Waals surface area (Å²) in [6, 6.07) is -0.522. The fraction of sp³-hybridized carbons (Fsp3) is 0.500. The molecule has 0 aliphatic rings. The van der Waals surface area contributed by atoms with E-state index in [9.17, 15) is 9.59 Å². The number of urea groups is 1. The summed E-state index contributed by atoms with van der Waals surface area (Å²) in [5.41, 5.74) is 5.92. The molecule has 0 fully saturated rings. The van der Waals surface area contributed by atoms with E-state index in [0.29, 0.717) is 12.2 Å². The highest BCUT2D eigenvalue weighted by molar-refractivity contribution is 5.94. The van der Waals surface area contributed by atoms with E-state index in [2.05, 4.69) is 20.9 Å². The first-order valence-corrected chi connectivity index (χ1v) is 4.82. The third-order valence-corrected chi connectivity index (χ3v) is 1.69. The molecule has 16 heavy (non-hydrogen) atoms. The van der Waals surface area contributed by atoms with Crippen molar-refractivity contribution in [1.82, 2.24) is 25.6 Å². The van der Waals surface area contributed by atoms with Crippen molar-refractivity contribution in [2.45, 2.75) is 20.0 Å². The van der Waals surface area contributed by atoms with Crippen LogP contribution in [0.5, 0.6) is 0 Å². The average molecular weight is 226 g/mol. The number of aromatic nitrogens is 3. The smallest absolute Gasteiger partial charge is 0.321 e. The van der Waals surface area contributed by atoms with Crippen LogP contribution in [0.2, 0.25) is 0 Å². The number of amides is 3. The molecule has 0 spiro atoms. The van der Waals surface area contributed by atoms with Gasteiger partial charge in [-0.25, -0.2) is 9.48 Å². The molecule has 8 nitrogen and oxygen atoms in total. The lowest BCUT2D eigenvalue weighted by Gasteiger charge is -2.03. The van der Waals surface area contributed by atoms with Crippen LogP contribution in [0.4, 0.5) is 4.79 Å². The van der Waals surface area contributed by atoms with E-state index in [1.807, 2.05) is 0 Å². The summed E-state index contributed by atoms with van der Waals surface area (Å²) in [7, 11) is 0. The first-order valence-electron chi connectivity index (χ1n) is 4.82. The zero-order chi connectivity index (χ0) is 12.0. The summed E-state index contributed by atoms with van der Waals surface area (Å²) in [5.74, 6) is -0.459. The van der Waals surface area contributed by atoms with Gasteiger partial charge in [0.15, 0.2) is 0 Å². The van der Waals surface area contributed by atoms with Gasteiger partial charge in [-0.05, 0) is 6.92 Å². The van der Waals surface area contributed by atoms with E-state index >= 15 is 0 Å². The maximum Gasteiger partial charge on any atom is 0.321 e. The summed E-state index contributed by atoms with van der Waals surface area (Å²) >= 11 is 0. The molecule has 0 aliphatic heterocycles. The lowest BCUT2D eigenvalue weighted by molar-refractivity contribution is -0.120. The molecule has 0 radical (unpaired) electrons. The Morgan fingerprint density at radius 3 is 2.88 bits per heavy atom. The number of rotatable bonds is 4. The Kier molecular flexibility index (Phi) is 4.40. The molecule has 1 heterocycles. The Labute approximate surface area is 92.2 Å². The van der Waals surface area contributed by atoms with Gasteiger partial charge in [-0.3, -0.25) is 10.1 Å². The number of nitrogens with one attached hydrogen (secondary N) is 2. The van der Waals surface area contributed by atoms with Crippen LogP contribution in [0.15, 0.2) is 6.20 Å². The maximum absolute atomic E-state index is 11.3. The van der Waals surface area contributed by atoms with Gasteiger partial charge in [0.2, 0.25) is 5.91 Å². The van der Waals surface area contributed by atoms with E-state index in [-0.39, 0.29) is 13.1 Å². The molecular formula is C8H14N6O2. The third-order valence-electron chi connectivity index (χ3n) is 1.69. The second-order valence-electron chi connectivity index (χ2n) is 3.02. The SMILES string of the molecule is CCNC(=O)NC(=O)Cn1cc(CN)nn1. The molecule has 0 bridgehead atoms. The zero-order valence-electron chi connectivity index (χ0n) is 8.93. The van der Waals surface area contributed by atoms with Gasteiger partial charge in [0.05, 0.1) is 11.9 Å². The topological polar surface area (TPSA) is 115 Å². The van der Waals surface area contributed by atoms with Crippen LogP contribution >= 0.6 is 0 Å². The third kappa shape index (κ3) is 3.65. The van der Waals surface area contributed by atoms with Gasteiger partial charge in [0.25, 0.3) is 0 Å². The van der Waals surface area contributed by atoms with Crippen molar-refractivity contribution in [3.63, 3.8) is 0 Å². The molecule has 4 N–H and O–H groups in total. The van der Waals surface area contributed by atoms with Gasteiger partial charge in [0.1, 0.15) is 6.54 Å². The highest BCUT2D eigenvalue weighted by Crippen LogP contribution is 1.90. The van der Waals surface area contributed by atoms with Gasteiger partial charge in [0, 0.05) is 13.1 Å². The Morgan fingerprint density at radius 2 is 2.31 bits per heavy atom. The van der Waals surface area contributed by atoms with E-state index < -0.39 is 11.9 Å². The van der Waals surface area contributed by atoms with Crippen molar-refractivity contribution in [2.24, 2.45) is 5.73 Å². The van der Waals surface area contributed by atoms with Crippen LogP contribution in [0.1, 0.15) is 12.6 Å². The van der Waals surface area contributed by atoms with Crippen molar-refractivity contribution in [3.8, 4) is 0 Å². The van der Waals surface area contributed by atoms with Crippen LogP contribution in [0.3, 0.4) is 0 Å². The largest absolute Gasteiger partial charge is 0.338 e. The molecule has 3 amide bonds. The minimum Gasteiger partial charge on any atom is -0.338 e. The molecule has 0 atom stereocenters. The molecule has 1 rings (SSSR count). The lowest BCUT2D eigenvalue weighted by atomic mass is 10.5. The number of nitrogens with two attached hydrogens (primary N) is 1. The first-order chi connectivity index (χ1) is 7.65. The molecule has 1 aromatic rings. The normalized spacial score (nSPS) is 9.88. The van der Waals surface area contributed by atoms with Crippen molar-refractivity contribution >= 4 is 11.9 Å². The van der Waals surface area contributed by atoms with Gasteiger partial charge in [-0.2, -0.15) is 0 Å². The fourth-order valence-electron chi connectivity index (χ4n) is 1.03. The summed E-state index contributed by atoms with van der Waals surface area (Å²) in [6.45, 7) is 2.41. The summed E-state index contributed by atoms with van der Waals surface area (Å²) < 4.78 is 1.32. The predicted octanol–water partition coefficient (Wildman–Crippen LogP) is -1.42. The number of carbonyl (C=O) groups is 2. The van der Waals surface area contributed by atoms with Crippen molar-refractivity contribution < 1.29 is 9.59 Å². The van der Waals surface area contributed by atoms with Crippen LogP contribution in [0.25, 0.3) is 0 Å². The minimum absolute atomic E-state index is 0.0653. The Hall–Kier alpha value is -1.96. The van der Waals surface area contributed by atoms with Crippen LogP contribution in [-0.2, 0) is 17.9 Å². The number of nitrogens with zero attached hydrogens (tertiary/aromatic N) is 3. The van der Waals surface area contributed by atoms with Gasteiger partial charge in [-0.15, -0.1) is 5.10 Å². The van der Waals surface area contributed by atoms with Gasteiger partial charge >= 0.3 is 6.03 Å². The molecule has 0 aromatic carbocycles. The molecular weight excluding hydrogens is 212 g/mol. The number of carbonyl (C=O) groups excluding carboxylic acids is 2. The quantitative estimate of drug-likeness (QED) is 0.583. The average Bonchev–Trinajstić information content (AvgIpc) is 2.65. The van der Waals surface area contributed by atoms with Crippen LogP contribution < -0.4 is 16.4 Å². The van der Waals surface area contributed by atoms with E-state index in [4.69, 9.17) is 5.73 Å². The molecule has 0 unspecified atom stereocenters. The number of imide groups is 1. The van der Waals surface area contributed by atoms with Crippen molar-refractivity contribution in [3.05, 3.63) is 11.9 Å². The van der Waals surface area contributed by atoms with Crippen molar-refractivity contribution in [1.29, 1.82) is 0 Å². The number of hydrogen-bond donors (Lipinski definition) is 3. The van der Waals surface area contributed by atoms with E-state index in [0.717, 1.165) is 0 Å². The highest BCUT2D eigenvalue weighted by Gasteiger charge is 2.08. The zero-order valence-corrected chi connectivity index (χ0v) is 8.93. The molecule has 1 aromatic heterocycles. The highest BCUT2D eigenvalue weighted by atomic mass is 16.2. The fourth-order valence-corrected chi connectivity index (χ4v) is 1.03. The lowest BCUT2D eigenvalue weighted by Crippen LogP contribution is -2.40. The van der Waals surface area contributed by atoms with Crippen LogP contribution in [0, 0.1) is 0 Å². The molecule has 0 saturated heterocycles. The van der Waals surface area contributed by atoms with Gasteiger partial charge < -0.3 is 11.1 Å². The Morgan fingerprint density at radius 1 is 1.56 bits per heavy atom. The summed E-state index contributed by atoms with van der Waals surface area (Å²) in [5, 5.41) is 12.0. The summed E-state index contributed by atoms with van der Waals surface area (Å²) in [4.78, 5) is 22.3. The van der Waals surface area contributed by atoms with Gasteiger partial charge in [-0.1, -0.05) is 5.21 Å². The van der Waals surface area contributed by atoms with E-state index in [1.165, 1.54) is 4.68 Å². The molecule has 0 aliphatic carbocycles. The monoisotopic (exact) mass is 226 g/mol. The first kappa shape index (κ1) is 12.1. The van der Waals surface area contributed by atoms with Crippen LogP contribution in [-0.4, -0.2) is 33.5 Å². The molecule has 8 heteroatoms. The maximum atomic E-state index is 11.3.